The summed E-state index contributed by atoms with van der Waals surface area (Å²) in [6, 6.07) is 8.69. The number of nitrogens with two attached hydrogens (primary N) is 1. The molecule has 0 spiro atoms. The van der Waals surface area contributed by atoms with E-state index >= 15 is 0 Å². The molecule has 1 unspecified atom stereocenters. The maximum absolute atomic E-state index is 12.6. The van der Waals surface area contributed by atoms with Crippen molar-refractivity contribution in [3.05, 3.63) is 36.2 Å². The molecule has 1 heterocycles. The molecule has 0 saturated carbocycles. The number of nitrogen functional groups attached to an aromatic ring is 1. The summed E-state index contributed by atoms with van der Waals surface area (Å²) in [7, 11) is 0. The lowest BCUT2D eigenvalue weighted by molar-refractivity contribution is -0.144. The molecule has 0 bridgehead atoms. The van der Waals surface area contributed by atoms with Crippen LogP contribution in [0, 0.1) is 0 Å². The van der Waals surface area contributed by atoms with Crippen molar-refractivity contribution >= 4 is 11.9 Å². The fourth-order valence-electron chi connectivity index (χ4n) is 1.58. The van der Waals surface area contributed by atoms with Gasteiger partial charge in [0.2, 0.25) is 17.7 Å². The molecule has 1 aromatic carbocycles. The zero-order valence-corrected chi connectivity index (χ0v) is 11.6. The minimum Gasteiger partial charge on any atom is -0.491 e. The van der Waals surface area contributed by atoms with Gasteiger partial charge in [-0.05, 0) is 19.1 Å². The first-order valence-corrected chi connectivity index (χ1v) is 6.38. The third-order valence-corrected chi connectivity index (χ3v) is 2.52. The fraction of sp³-hybridized carbons (Fsp3) is 0.308. The molecular formula is C13H14F3N5O. The molecule has 2 aromatic rings. The average molecular weight is 313 g/mol. The molecule has 0 aliphatic carbocycles. The van der Waals surface area contributed by atoms with Crippen molar-refractivity contribution in [3.63, 3.8) is 0 Å². The number of nitrogens with zero attached hydrogens (tertiary/aromatic N) is 3. The maximum atomic E-state index is 12.6. The van der Waals surface area contributed by atoms with E-state index in [1.54, 1.807) is 19.1 Å². The summed E-state index contributed by atoms with van der Waals surface area (Å²) in [5.74, 6) is -1.43. The van der Waals surface area contributed by atoms with Crippen molar-refractivity contribution < 1.29 is 17.9 Å². The van der Waals surface area contributed by atoms with Gasteiger partial charge in [-0.15, -0.1) is 0 Å². The van der Waals surface area contributed by atoms with E-state index < -0.39 is 17.9 Å². The van der Waals surface area contributed by atoms with Crippen LogP contribution in [0.5, 0.6) is 5.75 Å². The van der Waals surface area contributed by atoms with Crippen molar-refractivity contribution in [1.29, 1.82) is 0 Å². The highest BCUT2D eigenvalue weighted by Gasteiger charge is 2.35. The van der Waals surface area contributed by atoms with Gasteiger partial charge in [0, 0.05) is 0 Å². The number of halogens is 3. The summed E-state index contributed by atoms with van der Waals surface area (Å²) < 4.78 is 43.3. The number of hydrogen-bond donors (Lipinski definition) is 2. The minimum atomic E-state index is -4.68. The average Bonchev–Trinajstić information content (AvgIpc) is 2.45. The van der Waals surface area contributed by atoms with Gasteiger partial charge in [0.1, 0.15) is 12.4 Å². The molecule has 0 amide bonds. The number of benzene rings is 1. The minimum absolute atomic E-state index is 0.219. The van der Waals surface area contributed by atoms with Gasteiger partial charge < -0.3 is 15.8 Å². The topological polar surface area (TPSA) is 86.0 Å². The Hall–Kier alpha value is -2.58. The van der Waals surface area contributed by atoms with Crippen LogP contribution >= 0.6 is 0 Å². The lowest BCUT2D eigenvalue weighted by Gasteiger charge is -2.15. The first-order valence-electron chi connectivity index (χ1n) is 6.38. The standard InChI is InChI=1S/C13H14F3N5O/c1-8(7-22-9-5-3-2-4-6-9)18-12-20-10(13(14,15)16)19-11(17)21-12/h2-6,8H,7H2,1H3,(H3,17,18,19,20,21). The molecule has 0 saturated heterocycles. The van der Waals surface area contributed by atoms with E-state index in [0.717, 1.165) is 0 Å². The van der Waals surface area contributed by atoms with Gasteiger partial charge in [-0.2, -0.15) is 28.1 Å². The fourth-order valence-corrected chi connectivity index (χ4v) is 1.58. The summed E-state index contributed by atoms with van der Waals surface area (Å²) in [5.41, 5.74) is 5.26. The number of alkyl halides is 3. The van der Waals surface area contributed by atoms with Crippen LogP contribution in [0.2, 0.25) is 0 Å². The van der Waals surface area contributed by atoms with Crippen LogP contribution in [0.1, 0.15) is 12.7 Å². The van der Waals surface area contributed by atoms with Crippen LogP contribution < -0.4 is 15.8 Å². The number of rotatable bonds is 5. The molecule has 9 heteroatoms. The number of hydrogen-bond acceptors (Lipinski definition) is 6. The second kappa shape index (κ2) is 6.46. The van der Waals surface area contributed by atoms with Gasteiger partial charge in [0.25, 0.3) is 0 Å². The van der Waals surface area contributed by atoms with Gasteiger partial charge in [-0.1, -0.05) is 18.2 Å². The van der Waals surface area contributed by atoms with Gasteiger partial charge >= 0.3 is 6.18 Å². The zero-order valence-electron chi connectivity index (χ0n) is 11.6. The number of nitrogens with one attached hydrogen (secondary N) is 1. The Kier molecular flexibility index (Phi) is 4.64. The Morgan fingerprint density at radius 1 is 1.18 bits per heavy atom. The third-order valence-electron chi connectivity index (χ3n) is 2.52. The Labute approximate surface area is 124 Å². The zero-order chi connectivity index (χ0) is 16.2. The first-order chi connectivity index (χ1) is 10.3. The summed E-state index contributed by atoms with van der Waals surface area (Å²) in [6.07, 6.45) is -4.68. The number of aromatic nitrogens is 3. The van der Waals surface area contributed by atoms with Crippen LogP contribution in [0.4, 0.5) is 25.1 Å². The maximum Gasteiger partial charge on any atom is 0.451 e. The van der Waals surface area contributed by atoms with E-state index in [1.807, 2.05) is 18.2 Å². The SMILES string of the molecule is CC(COc1ccccc1)Nc1nc(N)nc(C(F)(F)F)n1. The van der Waals surface area contributed by atoms with E-state index in [9.17, 15) is 13.2 Å². The van der Waals surface area contributed by atoms with Crippen molar-refractivity contribution in [2.24, 2.45) is 0 Å². The van der Waals surface area contributed by atoms with Crippen molar-refractivity contribution in [2.75, 3.05) is 17.7 Å². The smallest absolute Gasteiger partial charge is 0.451 e. The third kappa shape index (κ3) is 4.47. The van der Waals surface area contributed by atoms with E-state index in [-0.39, 0.29) is 18.6 Å². The highest BCUT2D eigenvalue weighted by molar-refractivity contribution is 5.32. The van der Waals surface area contributed by atoms with Crippen LogP contribution in [-0.2, 0) is 6.18 Å². The summed E-state index contributed by atoms with van der Waals surface area (Å²) >= 11 is 0. The molecule has 2 rings (SSSR count). The van der Waals surface area contributed by atoms with Crippen molar-refractivity contribution in [1.82, 2.24) is 15.0 Å². The van der Waals surface area contributed by atoms with Crippen LogP contribution in [0.3, 0.4) is 0 Å². The molecule has 0 aliphatic rings. The van der Waals surface area contributed by atoms with Crippen LogP contribution in [0.15, 0.2) is 30.3 Å². The Morgan fingerprint density at radius 3 is 2.50 bits per heavy atom. The van der Waals surface area contributed by atoms with Gasteiger partial charge in [-0.3, -0.25) is 0 Å². The van der Waals surface area contributed by atoms with Gasteiger partial charge in [-0.25, -0.2) is 0 Å². The molecule has 22 heavy (non-hydrogen) atoms. The normalized spacial score (nSPS) is 12.7. The van der Waals surface area contributed by atoms with E-state index in [1.165, 1.54) is 0 Å². The van der Waals surface area contributed by atoms with Crippen molar-refractivity contribution in [3.8, 4) is 5.75 Å². The second-order valence-electron chi connectivity index (χ2n) is 4.51. The molecule has 0 fully saturated rings. The highest BCUT2D eigenvalue weighted by Crippen LogP contribution is 2.26. The van der Waals surface area contributed by atoms with Gasteiger partial charge in [0.05, 0.1) is 6.04 Å². The lowest BCUT2D eigenvalue weighted by atomic mass is 10.3. The molecule has 0 aliphatic heterocycles. The van der Waals surface area contributed by atoms with Crippen LogP contribution in [-0.4, -0.2) is 27.6 Å². The number of para-hydroxylation sites is 1. The molecule has 118 valence electrons. The summed E-state index contributed by atoms with van der Waals surface area (Å²) in [4.78, 5) is 10.0. The predicted molar refractivity (Wildman–Crippen MR) is 74.3 cm³/mol. The number of ether oxygens (including phenoxy) is 1. The Morgan fingerprint density at radius 2 is 1.86 bits per heavy atom. The predicted octanol–water partition coefficient (Wildman–Crippen LogP) is 2.35. The Balaban J connectivity index is 1.99. The first kappa shape index (κ1) is 15.8. The van der Waals surface area contributed by atoms with E-state index in [0.29, 0.717) is 5.75 Å². The summed E-state index contributed by atoms with van der Waals surface area (Å²) in [5, 5.41) is 2.70. The quantitative estimate of drug-likeness (QED) is 0.881. The Bertz CT molecular complexity index is 621. The molecular weight excluding hydrogens is 299 g/mol. The lowest BCUT2D eigenvalue weighted by Crippen LogP contribution is -2.26. The van der Waals surface area contributed by atoms with E-state index in [2.05, 4.69) is 20.3 Å². The molecule has 6 nitrogen and oxygen atoms in total. The highest BCUT2D eigenvalue weighted by atomic mass is 19.4. The molecule has 0 radical (unpaired) electrons. The largest absolute Gasteiger partial charge is 0.491 e. The monoisotopic (exact) mass is 313 g/mol. The van der Waals surface area contributed by atoms with Gasteiger partial charge in [0.15, 0.2) is 0 Å². The molecule has 1 aromatic heterocycles. The van der Waals surface area contributed by atoms with Crippen molar-refractivity contribution in [2.45, 2.75) is 19.1 Å². The van der Waals surface area contributed by atoms with Crippen LogP contribution in [0.25, 0.3) is 0 Å². The number of anilines is 2. The molecule has 3 N–H and O–H groups in total. The molecule has 1 atom stereocenters. The van der Waals surface area contributed by atoms with E-state index in [4.69, 9.17) is 10.5 Å². The summed E-state index contributed by atoms with van der Waals surface area (Å²) in [6.45, 7) is 1.94. The second-order valence-corrected chi connectivity index (χ2v) is 4.51.